The Hall–Kier alpha value is -2.57. The number of nitrogens with one attached hydrogen (secondary N) is 1. The first-order chi connectivity index (χ1) is 13.3. The van der Waals surface area contributed by atoms with Gasteiger partial charge in [-0.05, 0) is 41.4 Å². The lowest BCUT2D eigenvalue weighted by molar-refractivity contribution is 0.171. The molecule has 0 radical (unpaired) electrons. The average Bonchev–Trinajstić information content (AvgIpc) is 3.24. The molecule has 0 aliphatic carbocycles. The van der Waals surface area contributed by atoms with E-state index in [1.807, 2.05) is 36.4 Å². The van der Waals surface area contributed by atoms with E-state index in [1.165, 1.54) is 10.4 Å². The second-order valence-electron chi connectivity index (χ2n) is 6.14. The van der Waals surface area contributed by atoms with Crippen LogP contribution in [0.4, 0.5) is 5.69 Å². The van der Waals surface area contributed by atoms with Crippen LogP contribution in [0.5, 0.6) is 11.5 Å². The molecule has 0 unspecified atom stereocenters. The number of fused-ring (bicyclic) bond motifs is 1. The Morgan fingerprint density at radius 2 is 1.81 bits per heavy atom. The summed E-state index contributed by atoms with van der Waals surface area (Å²) in [4.78, 5) is 3.34. The number of thiophene rings is 1. The Kier molecular flexibility index (Phi) is 5.55. The Bertz CT molecular complexity index is 898. The maximum absolute atomic E-state index is 5.75. The van der Waals surface area contributed by atoms with Crippen LogP contribution in [0.1, 0.15) is 10.4 Å². The van der Waals surface area contributed by atoms with Gasteiger partial charge < -0.3 is 19.7 Å². The first kappa shape index (κ1) is 17.8. The van der Waals surface area contributed by atoms with Crippen molar-refractivity contribution in [1.29, 1.82) is 0 Å². The SMILES string of the molecule is S=C(NCc1ccccc1)N(Cc1cccs1)c1ccc2c(c1)OCCO2. The molecule has 0 atom stereocenters. The first-order valence-electron chi connectivity index (χ1n) is 8.81. The number of hydrogen-bond acceptors (Lipinski definition) is 4. The molecule has 0 spiro atoms. The highest BCUT2D eigenvalue weighted by Gasteiger charge is 2.18. The number of hydrogen-bond donors (Lipinski definition) is 1. The molecule has 3 aromatic rings. The largest absolute Gasteiger partial charge is 0.486 e. The minimum absolute atomic E-state index is 0.568. The molecule has 1 aromatic heterocycles. The molecule has 2 heterocycles. The number of benzene rings is 2. The van der Waals surface area contributed by atoms with Crippen molar-refractivity contribution in [1.82, 2.24) is 5.32 Å². The van der Waals surface area contributed by atoms with Crippen LogP contribution >= 0.6 is 23.6 Å². The fourth-order valence-corrected chi connectivity index (χ4v) is 3.84. The zero-order valence-electron chi connectivity index (χ0n) is 14.8. The van der Waals surface area contributed by atoms with E-state index >= 15 is 0 Å². The van der Waals surface area contributed by atoms with E-state index in [0.717, 1.165) is 17.2 Å². The smallest absolute Gasteiger partial charge is 0.174 e. The standard InChI is InChI=1S/C21H20N2O2S2/c26-21(22-14-16-5-2-1-3-6-16)23(15-18-7-4-12-27-18)17-8-9-19-20(13-17)25-11-10-24-19/h1-9,12-13H,10-11,14-15H2,(H,22,26). The Labute approximate surface area is 168 Å². The van der Waals surface area contributed by atoms with Gasteiger partial charge in [-0.1, -0.05) is 36.4 Å². The molecule has 4 rings (SSSR count). The molecule has 1 aliphatic rings. The van der Waals surface area contributed by atoms with Crippen LogP contribution in [0.3, 0.4) is 0 Å². The summed E-state index contributed by atoms with van der Waals surface area (Å²) in [6.07, 6.45) is 0. The molecule has 0 saturated heterocycles. The van der Waals surface area contributed by atoms with E-state index in [4.69, 9.17) is 21.7 Å². The fourth-order valence-electron chi connectivity index (χ4n) is 2.91. The highest BCUT2D eigenvalue weighted by molar-refractivity contribution is 7.80. The summed E-state index contributed by atoms with van der Waals surface area (Å²) in [7, 11) is 0. The number of thiocarbonyl (C=S) groups is 1. The summed E-state index contributed by atoms with van der Waals surface area (Å²) in [5.74, 6) is 1.55. The normalized spacial score (nSPS) is 12.4. The van der Waals surface area contributed by atoms with Crippen LogP contribution in [-0.2, 0) is 13.1 Å². The summed E-state index contributed by atoms with van der Waals surface area (Å²) in [6, 6.07) is 20.4. The monoisotopic (exact) mass is 396 g/mol. The van der Waals surface area contributed by atoms with Crippen LogP contribution in [-0.4, -0.2) is 18.3 Å². The van der Waals surface area contributed by atoms with Gasteiger partial charge in [0.25, 0.3) is 0 Å². The van der Waals surface area contributed by atoms with Crippen molar-refractivity contribution in [2.75, 3.05) is 18.1 Å². The van der Waals surface area contributed by atoms with E-state index in [0.29, 0.717) is 31.4 Å². The Balaban J connectivity index is 1.55. The zero-order valence-corrected chi connectivity index (χ0v) is 16.4. The van der Waals surface area contributed by atoms with Crippen LogP contribution in [0, 0.1) is 0 Å². The molecule has 4 nitrogen and oxygen atoms in total. The van der Waals surface area contributed by atoms with Crippen molar-refractivity contribution >= 4 is 34.4 Å². The van der Waals surface area contributed by atoms with Gasteiger partial charge in [0.1, 0.15) is 13.2 Å². The van der Waals surface area contributed by atoms with Crippen LogP contribution in [0.15, 0.2) is 66.0 Å². The summed E-state index contributed by atoms with van der Waals surface area (Å²) in [5, 5.41) is 6.15. The van der Waals surface area contributed by atoms with Crippen molar-refractivity contribution < 1.29 is 9.47 Å². The van der Waals surface area contributed by atoms with Gasteiger partial charge in [-0.3, -0.25) is 0 Å². The summed E-state index contributed by atoms with van der Waals surface area (Å²) < 4.78 is 11.4. The second kappa shape index (κ2) is 8.41. The van der Waals surface area contributed by atoms with Crippen molar-refractivity contribution in [3.63, 3.8) is 0 Å². The third kappa shape index (κ3) is 4.40. The topological polar surface area (TPSA) is 33.7 Å². The van der Waals surface area contributed by atoms with Gasteiger partial charge in [0.2, 0.25) is 0 Å². The van der Waals surface area contributed by atoms with Crippen molar-refractivity contribution in [2.24, 2.45) is 0 Å². The molecule has 2 aromatic carbocycles. The first-order valence-corrected chi connectivity index (χ1v) is 10.1. The lowest BCUT2D eigenvalue weighted by Gasteiger charge is -2.27. The highest BCUT2D eigenvalue weighted by atomic mass is 32.1. The van der Waals surface area contributed by atoms with Gasteiger partial charge in [-0.25, -0.2) is 0 Å². The maximum atomic E-state index is 5.75. The molecule has 0 saturated carbocycles. The average molecular weight is 397 g/mol. The highest BCUT2D eigenvalue weighted by Crippen LogP contribution is 2.34. The minimum atomic E-state index is 0.568. The number of anilines is 1. The van der Waals surface area contributed by atoms with Crippen LogP contribution < -0.4 is 19.7 Å². The molecule has 138 valence electrons. The third-order valence-corrected chi connectivity index (χ3v) is 5.49. The van der Waals surface area contributed by atoms with Crippen molar-refractivity contribution in [3.8, 4) is 11.5 Å². The Morgan fingerprint density at radius 3 is 2.59 bits per heavy atom. The van der Waals surface area contributed by atoms with Crippen LogP contribution in [0.25, 0.3) is 0 Å². The van der Waals surface area contributed by atoms with Gasteiger partial charge in [0, 0.05) is 23.2 Å². The number of rotatable bonds is 5. The quantitative estimate of drug-likeness (QED) is 0.638. The van der Waals surface area contributed by atoms with E-state index in [2.05, 4.69) is 39.9 Å². The van der Waals surface area contributed by atoms with E-state index in [-0.39, 0.29) is 0 Å². The summed E-state index contributed by atoms with van der Waals surface area (Å²) in [5.41, 5.74) is 2.18. The molecular weight excluding hydrogens is 376 g/mol. The van der Waals surface area contributed by atoms with Gasteiger partial charge in [0.05, 0.1) is 6.54 Å². The maximum Gasteiger partial charge on any atom is 0.174 e. The van der Waals surface area contributed by atoms with Gasteiger partial charge in [-0.2, -0.15) is 0 Å². The molecular formula is C21H20N2O2S2. The Morgan fingerprint density at radius 1 is 1.00 bits per heavy atom. The van der Waals surface area contributed by atoms with E-state index in [9.17, 15) is 0 Å². The molecule has 27 heavy (non-hydrogen) atoms. The fraction of sp³-hybridized carbons (Fsp3) is 0.190. The van der Waals surface area contributed by atoms with Gasteiger partial charge in [-0.15, -0.1) is 11.3 Å². The number of ether oxygens (including phenoxy) is 2. The molecule has 1 aliphatic heterocycles. The van der Waals surface area contributed by atoms with Crippen LogP contribution in [0.2, 0.25) is 0 Å². The van der Waals surface area contributed by atoms with Crippen molar-refractivity contribution in [2.45, 2.75) is 13.1 Å². The predicted molar refractivity (Wildman–Crippen MR) is 114 cm³/mol. The van der Waals surface area contributed by atoms with Gasteiger partial charge >= 0.3 is 0 Å². The van der Waals surface area contributed by atoms with E-state index in [1.54, 1.807) is 11.3 Å². The second-order valence-corrected chi connectivity index (χ2v) is 7.56. The predicted octanol–water partition coefficient (Wildman–Crippen LogP) is 4.60. The molecule has 0 bridgehead atoms. The van der Waals surface area contributed by atoms with Gasteiger partial charge in [0.15, 0.2) is 16.6 Å². The third-order valence-electron chi connectivity index (χ3n) is 4.26. The summed E-state index contributed by atoms with van der Waals surface area (Å²) >= 11 is 7.45. The lowest BCUT2D eigenvalue weighted by atomic mass is 10.2. The zero-order chi connectivity index (χ0) is 18.5. The lowest BCUT2D eigenvalue weighted by Crippen LogP contribution is -2.39. The van der Waals surface area contributed by atoms with E-state index < -0.39 is 0 Å². The molecule has 0 amide bonds. The molecule has 0 fully saturated rings. The van der Waals surface area contributed by atoms with Crippen molar-refractivity contribution in [3.05, 3.63) is 76.5 Å². The number of nitrogens with zero attached hydrogens (tertiary/aromatic N) is 1. The minimum Gasteiger partial charge on any atom is -0.486 e. The molecule has 6 heteroatoms. The molecule has 1 N–H and O–H groups in total. The summed E-state index contributed by atoms with van der Waals surface area (Å²) in [6.45, 7) is 2.55.